The molecule has 2 aliphatic heterocycles. The van der Waals surface area contributed by atoms with Crippen molar-refractivity contribution >= 4 is 17.5 Å². The summed E-state index contributed by atoms with van der Waals surface area (Å²) in [4.78, 5) is 15.0. The molecule has 0 aromatic heterocycles. The fourth-order valence-electron chi connectivity index (χ4n) is 4.84. The van der Waals surface area contributed by atoms with Crippen LogP contribution in [-0.2, 0) is 6.42 Å². The van der Waals surface area contributed by atoms with Crippen molar-refractivity contribution < 1.29 is 14.3 Å². The fraction of sp³-hybridized carbons (Fsp3) is 0.381. The standard InChI is InChI=1S/C21H21ClFNO2/c22-16-8-15(9-17(23)10-16)20(26)24-18-6-7-19(24)21(12-18,13-25)11-14-4-2-1-3-5-14/h1-5,8-10,18-19,25H,6-7,11-13H2/t18-,19+,21-/m0/s1. The maximum atomic E-state index is 13.7. The van der Waals surface area contributed by atoms with E-state index in [2.05, 4.69) is 12.1 Å². The first kappa shape index (κ1) is 17.5. The first-order chi connectivity index (χ1) is 12.5. The first-order valence-electron chi connectivity index (χ1n) is 8.96. The number of nitrogens with zero attached hydrogens (tertiary/aromatic N) is 1. The minimum absolute atomic E-state index is 0.0350. The smallest absolute Gasteiger partial charge is 0.254 e. The van der Waals surface area contributed by atoms with Gasteiger partial charge in [-0.2, -0.15) is 0 Å². The predicted molar refractivity (Wildman–Crippen MR) is 98.7 cm³/mol. The van der Waals surface area contributed by atoms with E-state index in [-0.39, 0.29) is 40.6 Å². The Balaban J connectivity index is 1.64. The minimum atomic E-state index is -0.509. The van der Waals surface area contributed by atoms with Gasteiger partial charge in [0.25, 0.3) is 5.91 Å². The van der Waals surface area contributed by atoms with E-state index in [0.29, 0.717) is 0 Å². The van der Waals surface area contributed by atoms with Crippen LogP contribution in [0.4, 0.5) is 4.39 Å². The summed E-state index contributed by atoms with van der Waals surface area (Å²) < 4.78 is 13.7. The molecule has 2 heterocycles. The first-order valence-corrected chi connectivity index (χ1v) is 9.34. The molecule has 3 nitrogen and oxygen atoms in total. The van der Waals surface area contributed by atoms with E-state index in [0.717, 1.165) is 31.2 Å². The molecule has 2 saturated heterocycles. The van der Waals surface area contributed by atoms with E-state index < -0.39 is 5.82 Å². The van der Waals surface area contributed by atoms with Crippen LogP contribution in [0.1, 0.15) is 35.2 Å². The summed E-state index contributed by atoms with van der Waals surface area (Å²) in [6.45, 7) is 0.0384. The lowest BCUT2D eigenvalue weighted by atomic mass is 9.70. The summed E-state index contributed by atoms with van der Waals surface area (Å²) in [5, 5.41) is 10.5. The van der Waals surface area contributed by atoms with Gasteiger partial charge in [-0.15, -0.1) is 0 Å². The Morgan fingerprint density at radius 2 is 2.00 bits per heavy atom. The third-order valence-corrected chi connectivity index (χ3v) is 6.13. The van der Waals surface area contributed by atoms with Gasteiger partial charge in [0.2, 0.25) is 0 Å². The molecule has 1 amide bonds. The van der Waals surface area contributed by atoms with Gasteiger partial charge in [-0.05, 0) is 49.4 Å². The average Bonchev–Trinajstić information content (AvgIpc) is 3.17. The Morgan fingerprint density at radius 1 is 1.23 bits per heavy atom. The molecule has 0 unspecified atom stereocenters. The summed E-state index contributed by atoms with van der Waals surface area (Å²) in [5.74, 6) is -0.701. The molecule has 2 aromatic rings. The zero-order valence-corrected chi connectivity index (χ0v) is 15.1. The Hall–Kier alpha value is -1.91. The molecule has 0 radical (unpaired) electrons. The van der Waals surface area contributed by atoms with E-state index >= 15 is 0 Å². The number of aliphatic hydroxyl groups excluding tert-OH is 1. The summed E-state index contributed by atoms with van der Waals surface area (Å²) in [5.41, 5.74) is 1.10. The number of rotatable bonds is 4. The van der Waals surface area contributed by atoms with Crippen LogP contribution >= 0.6 is 11.6 Å². The van der Waals surface area contributed by atoms with Crippen LogP contribution in [0.5, 0.6) is 0 Å². The number of halogens is 2. The van der Waals surface area contributed by atoms with Crippen LogP contribution in [-0.4, -0.2) is 34.6 Å². The van der Waals surface area contributed by atoms with Gasteiger partial charge >= 0.3 is 0 Å². The fourth-order valence-corrected chi connectivity index (χ4v) is 5.06. The van der Waals surface area contributed by atoms with Crippen molar-refractivity contribution in [3.8, 4) is 0 Å². The molecule has 136 valence electrons. The number of aliphatic hydroxyl groups is 1. The number of benzene rings is 2. The second kappa shape index (κ2) is 6.67. The second-order valence-corrected chi connectivity index (χ2v) is 7.94. The molecule has 1 N–H and O–H groups in total. The Bertz CT molecular complexity index is 808. The molecule has 0 aliphatic carbocycles. The highest BCUT2D eigenvalue weighted by atomic mass is 35.5. The van der Waals surface area contributed by atoms with Gasteiger partial charge in [0, 0.05) is 28.1 Å². The van der Waals surface area contributed by atoms with Crippen LogP contribution in [0.3, 0.4) is 0 Å². The topological polar surface area (TPSA) is 40.5 Å². The zero-order chi connectivity index (χ0) is 18.3. The number of hydrogen-bond acceptors (Lipinski definition) is 2. The van der Waals surface area contributed by atoms with Crippen LogP contribution in [0, 0.1) is 11.2 Å². The van der Waals surface area contributed by atoms with E-state index in [9.17, 15) is 14.3 Å². The third kappa shape index (κ3) is 2.91. The Morgan fingerprint density at radius 3 is 2.69 bits per heavy atom. The number of carbonyl (C=O) groups is 1. The molecule has 2 aromatic carbocycles. The zero-order valence-electron chi connectivity index (χ0n) is 14.4. The van der Waals surface area contributed by atoms with Crippen LogP contribution in [0.2, 0.25) is 5.02 Å². The molecule has 4 rings (SSSR count). The SMILES string of the molecule is O=C(c1cc(F)cc(Cl)c1)N1[C@H]2CC[C@@H]1[C@@](CO)(Cc1ccccc1)C2. The van der Waals surface area contributed by atoms with Gasteiger partial charge in [0.05, 0.1) is 6.61 Å². The van der Waals surface area contributed by atoms with E-state index in [4.69, 9.17) is 11.6 Å². The van der Waals surface area contributed by atoms with Crippen molar-refractivity contribution in [3.05, 3.63) is 70.5 Å². The maximum Gasteiger partial charge on any atom is 0.254 e. The lowest BCUT2D eigenvalue weighted by Gasteiger charge is -2.36. The highest BCUT2D eigenvalue weighted by Crippen LogP contribution is 2.51. The molecular weight excluding hydrogens is 353 g/mol. The van der Waals surface area contributed by atoms with Crippen LogP contribution in [0.15, 0.2) is 48.5 Å². The Labute approximate surface area is 157 Å². The minimum Gasteiger partial charge on any atom is -0.396 e. The lowest BCUT2D eigenvalue weighted by Crippen LogP contribution is -2.44. The predicted octanol–water partition coefficient (Wildman–Crippen LogP) is 4.08. The average molecular weight is 374 g/mol. The molecule has 2 bridgehead atoms. The normalized spacial score (nSPS) is 27.1. The van der Waals surface area contributed by atoms with Gasteiger partial charge in [0.15, 0.2) is 0 Å². The summed E-state index contributed by atoms with van der Waals surface area (Å²) in [6.07, 6.45) is 3.31. The highest BCUT2D eigenvalue weighted by molar-refractivity contribution is 6.31. The van der Waals surface area contributed by atoms with Gasteiger partial charge in [0.1, 0.15) is 5.82 Å². The number of fused-ring (bicyclic) bond motifs is 2. The summed E-state index contributed by atoms with van der Waals surface area (Å²) >= 11 is 5.93. The van der Waals surface area contributed by atoms with Crippen molar-refractivity contribution in [2.24, 2.45) is 5.41 Å². The van der Waals surface area contributed by atoms with Crippen molar-refractivity contribution in [1.82, 2.24) is 4.90 Å². The van der Waals surface area contributed by atoms with Crippen LogP contribution < -0.4 is 0 Å². The second-order valence-electron chi connectivity index (χ2n) is 7.50. The van der Waals surface area contributed by atoms with Gasteiger partial charge in [-0.25, -0.2) is 4.39 Å². The molecule has 5 heteroatoms. The largest absolute Gasteiger partial charge is 0.396 e. The molecule has 2 fully saturated rings. The molecular formula is C21H21ClFNO2. The maximum absolute atomic E-state index is 13.7. The van der Waals surface area contributed by atoms with E-state index in [1.807, 2.05) is 23.1 Å². The van der Waals surface area contributed by atoms with Gasteiger partial charge in [-0.3, -0.25) is 4.79 Å². The molecule has 3 atom stereocenters. The number of hydrogen-bond donors (Lipinski definition) is 1. The summed E-state index contributed by atoms with van der Waals surface area (Å²) in [6, 6.07) is 14.1. The number of amides is 1. The lowest BCUT2D eigenvalue weighted by molar-refractivity contribution is 0.0571. The van der Waals surface area contributed by atoms with Crippen LogP contribution in [0.25, 0.3) is 0 Å². The molecule has 0 saturated carbocycles. The quantitative estimate of drug-likeness (QED) is 0.877. The van der Waals surface area contributed by atoms with Crippen molar-refractivity contribution in [3.63, 3.8) is 0 Å². The monoisotopic (exact) mass is 373 g/mol. The van der Waals surface area contributed by atoms with Crippen molar-refractivity contribution in [2.45, 2.75) is 37.8 Å². The Kier molecular flexibility index (Phi) is 4.49. The van der Waals surface area contributed by atoms with E-state index in [1.54, 1.807) is 0 Å². The van der Waals surface area contributed by atoms with E-state index in [1.165, 1.54) is 18.2 Å². The summed E-state index contributed by atoms with van der Waals surface area (Å²) in [7, 11) is 0. The van der Waals surface area contributed by atoms with Gasteiger partial charge in [-0.1, -0.05) is 41.9 Å². The molecule has 26 heavy (non-hydrogen) atoms. The highest BCUT2D eigenvalue weighted by Gasteiger charge is 2.57. The number of carbonyl (C=O) groups excluding carboxylic acids is 1. The van der Waals surface area contributed by atoms with Crippen molar-refractivity contribution in [1.29, 1.82) is 0 Å². The molecule has 2 aliphatic rings. The third-order valence-electron chi connectivity index (χ3n) is 5.91. The van der Waals surface area contributed by atoms with Gasteiger partial charge < -0.3 is 10.0 Å². The van der Waals surface area contributed by atoms with Crippen molar-refractivity contribution in [2.75, 3.05) is 6.61 Å². The molecule has 0 spiro atoms.